The van der Waals surface area contributed by atoms with Gasteiger partial charge in [0.1, 0.15) is 37.2 Å². The molecule has 4 rings (SSSR count). The van der Waals surface area contributed by atoms with E-state index in [0.717, 1.165) is 37.2 Å². The molecule has 1 atom stereocenters. The quantitative estimate of drug-likeness (QED) is 0.521. The predicted octanol–water partition coefficient (Wildman–Crippen LogP) is 2.77. The van der Waals surface area contributed by atoms with Gasteiger partial charge in [-0.25, -0.2) is 0 Å². The number of rotatable bonds is 10. The Labute approximate surface area is 188 Å². The van der Waals surface area contributed by atoms with E-state index in [4.69, 9.17) is 14.2 Å². The van der Waals surface area contributed by atoms with Crippen molar-refractivity contribution in [3.63, 3.8) is 0 Å². The number of hydrogen-bond acceptors (Lipinski definition) is 7. The summed E-state index contributed by atoms with van der Waals surface area (Å²) in [6, 6.07) is 15.6. The third kappa shape index (κ3) is 5.99. The van der Waals surface area contributed by atoms with Gasteiger partial charge in [-0.1, -0.05) is 24.3 Å². The Balaban J connectivity index is 1.32. The number of methoxy groups -OCH3 is 1. The van der Waals surface area contributed by atoms with Crippen LogP contribution < -0.4 is 14.2 Å². The highest BCUT2D eigenvalue weighted by atomic mass is 16.5. The third-order valence-electron chi connectivity index (χ3n) is 5.59. The van der Waals surface area contributed by atoms with Crippen molar-refractivity contribution < 1.29 is 19.3 Å². The molecular weight excluding hydrogens is 408 g/mol. The highest BCUT2D eigenvalue weighted by Gasteiger charge is 2.34. The smallest absolute Gasteiger partial charge is 0.161 e. The lowest BCUT2D eigenvalue weighted by molar-refractivity contribution is -0.0621. The van der Waals surface area contributed by atoms with Crippen LogP contribution in [-0.4, -0.2) is 63.8 Å². The third-order valence-corrected chi connectivity index (χ3v) is 5.59. The Bertz CT molecular complexity index is 967. The molecule has 1 aliphatic heterocycles. The van der Waals surface area contributed by atoms with E-state index in [1.54, 1.807) is 19.8 Å². The first-order valence-corrected chi connectivity index (χ1v) is 10.9. The van der Waals surface area contributed by atoms with E-state index in [-0.39, 0.29) is 6.61 Å². The van der Waals surface area contributed by atoms with Crippen LogP contribution in [0.4, 0.5) is 0 Å². The predicted molar refractivity (Wildman–Crippen MR) is 120 cm³/mol. The Morgan fingerprint density at radius 3 is 2.62 bits per heavy atom. The lowest BCUT2D eigenvalue weighted by Gasteiger charge is -2.39. The Morgan fingerprint density at radius 2 is 1.84 bits per heavy atom. The summed E-state index contributed by atoms with van der Waals surface area (Å²) in [5, 5.41) is 18.7. The monoisotopic (exact) mass is 438 g/mol. The number of aromatic nitrogens is 3. The minimum absolute atomic E-state index is 0.288. The molecule has 8 nitrogen and oxygen atoms in total. The lowest BCUT2D eigenvalue weighted by Crippen LogP contribution is -2.51. The molecule has 0 amide bonds. The van der Waals surface area contributed by atoms with E-state index in [2.05, 4.69) is 15.1 Å². The van der Waals surface area contributed by atoms with E-state index in [1.807, 2.05) is 53.1 Å². The SMILES string of the molecule is COc1cc(CN2CCC[C@@](O)(COc3ccccc3)C2)ccc1OCCn1cnnc1. The molecule has 1 fully saturated rings. The van der Waals surface area contributed by atoms with Crippen LogP contribution in [0.15, 0.2) is 61.2 Å². The lowest BCUT2D eigenvalue weighted by atomic mass is 9.93. The molecule has 2 heterocycles. The first-order chi connectivity index (χ1) is 15.6. The topological polar surface area (TPSA) is 81.9 Å². The molecule has 170 valence electrons. The van der Waals surface area contributed by atoms with Crippen molar-refractivity contribution in [1.82, 2.24) is 19.7 Å². The summed E-state index contributed by atoms with van der Waals surface area (Å²) in [7, 11) is 1.65. The van der Waals surface area contributed by atoms with E-state index in [9.17, 15) is 5.11 Å². The van der Waals surface area contributed by atoms with Crippen molar-refractivity contribution in [2.45, 2.75) is 31.5 Å². The largest absolute Gasteiger partial charge is 0.493 e. The molecule has 0 unspecified atom stereocenters. The number of likely N-dealkylation sites (tertiary alicyclic amines) is 1. The van der Waals surface area contributed by atoms with Gasteiger partial charge in [-0.05, 0) is 49.2 Å². The minimum atomic E-state index is -0.858. The number of ether oxygens (including phenoxy) is 3. The second-order valence-electron chi connectivity index (χ2n) is 8.17. The molecule has 1 aromatic heterocycles. The van der Waals surface area contributed by atoms with E-state index >= 15 is 0 Å². The van der Waals surface area contributed by atoms with Crippen molar-refractivity contribution in [2.24, 2.45) is 0 Å². The average molecular weight is 439 g/mol. The number of piperidine rings is 1. The summed E-state index contributed by atoms with van der Waals surface area (Å²) in [6.45, 7) is 3.68. The fourth-order valence-electron chi connectivity index (χ4n) is 3.98. The summed E-state index contributed by atoms with van der Waals surface area (Å²) in [6.07, 6.45) is 4.98. The molecular formula is C24H30N4O4. The van der Waals surface area contributed by atoms with Gasteiger partial charge in [0.05, 0.1) is 13.7 Å². The molecule has 0 spiro atoms. The van der Waals surface area contributed by atoms with Crippen LogP contribution in [0.2, 0.25) is 0 Å². The number of hydrogen-bond donors (Lipinski definition) is 1. The molecule has 1 aliphatic rings. The van der Waals surface area contributed by atoms with Gasteiger partial charge in [0.15, 0.2) is 11.5 Å². The van der Waals surface area contributed by atoms with E-state index in [1.165, 1.54) is 0 Å². The van der Waals surface area contributed by atoms with E-state index < -0.39 is 5.60 Å². The molecule has 0 bridgehead atoms. The summed E-state index contributed by atoms with van der Waals surface area (Å²) in [5.74, 6) is 2.18. The highest BCUT2D eigenvalue weighted by molar-refractivity contribution is 5.43. The van der Waals surface area contributed by atoms with Crippen LogP contribution in [-0.2, 0) is 13.1 Å². The maximum absolute atomic E-state index is 11.1. The summed E-state index contributed by atoms with van der Waals surface area (Å²) in [4.78, 5) is 2.26. The molecule has 0 radical (unpaired) electrons. The zero-order valence-corrected chi connectivity index (χ0v) is 18.4. The van der Waals surface area contributed by atoms with Crippen LogP contribution in [0.3, 0.4) is 0 Å². The molecule has 8 heteroatoms. The van der Waals surface area contributed by atoms with Crippen LogP contribution in [0, 0.1) is 0 Å². The van der Waals surface area contributed by atoms with Crippen LogP contribution in [0.1, 0.15) is 18.4 Å². The zero-order valence-electron chi connectivity index (χ0n) is 18.4. The van der Waals surface area contributed by atoms with Gasteiger partial charge in [-0.3, -0.25) is 4.90 Å². The first-order valence-electron chi connectivity index (χ1n) is 10.9. The van der Waals surface area contributed by atoms with Crippen molar-refractivity contribution in [2.75, 3.05) is 33.4 Å². The van der Waals surface area contributed by atoms with E-state index in [0.29, 0.717) is 31.2 Å². The van der Waals surface area contributed by atoms with Gasteiger partial charge >= 0.3 is 0 Å². The molecule has 0 aliphatic carbocycles. The van der Waals surface area contributed by atoms with Crippen molar-refractivity contribution in [3.8, 4) is 17.2 Å². The number of nitrogens with zero attached hydrogens (tertiary/aromatic N) is 4. The van der Waals surface area contributed by atoms with Crippen LogP contribution in [0.5, 0.6) is 17.2 Å². The molecule has 2 aromatic carbocycles. The molecule has 0 saturated carbocycles. The molecule has 32 heavy (non-hydrogen) atoms. The van der Waals surface area contributed by atoms with Crippen molar-refractivity contribution in [3.05, 3.63) is 66.7 Å². The van der Waals surface area contributed by atoms with Gasteiger partial charge in [-0.2, -0.15) is 0 Å². The summed E-state index contributed by atoms with van der Waals surface area (Å²) >= 11 is 0. The summed E-state index contributed by atoms with van der Waals surface area (Å²) < 4.78 is 19.1. The van der Waals surface area contributed by atoms with Gasteiger partial charge in [-0.15, -0.1) is 10.2 Å². The van der Waals surface area contributed by atoms with Crippen LogP contribution >= 0.6 is 0 Å². The number of aliphatic hydroxyl groups is 1. The van der Waals surface area contributed by atoms with Crippen molar-refractivity contribution >= 4 is 0 Å². The number of benzene rings is 2. The van der Waals surface area contributed by atoms with Crippen molar-refractivity contribution in [1.29, 1.82) is 0 Å². The zero-order chi connectivity index (χ0) is 22.2. The first kappa shape index (κ1) is 22.1. The normalized spacial score (nSPS) is 18.9. The molecule has 1 N–H and O–H groups in total. The second-order valence-corrected chi connectivity index (χ2v) is 8.17. The second kappa shape index (κ2) is 10.5. The molecule has 3 aromatic rings. The van der Waals surface area contributed by atoms with Gasteiger partial charge in [0.2, 0.25) is 0 Å². The number of para-hydroxylation sites is 1. The van der Waals surface area contributed by atoms with Gasteiger partial charge in [0, 0.05) is 13.1 Å². The maximum atomic E-state index is 11.1. The van der Waals surface area contributed by atoms with Gasteiger partial charge < -0.3 is 23.9 Å². The minimum Gasteiger partial charge on any atom is -0.493 e. The Morgan fingerprint density at radius 1 is 1.03 bits per heavy atom. The maximum Gasteiger partial charge on any atom is 0.161 e. The number of β-amino-alcohol motifs (C(OH)–C–C–N with tert-alkyl or cyclic N) is 1. The van der Waals surface area contributed by atoms with Gasteiger partial charge in [0.25, 0.3) is 0 Å². The fraction of sp³-hybridized carbons (Fsp3) is 0.417. The molecule has 1 saturated heterocycles. The fourth-order valence-corrected chi connectivity index (χ4v) is 3.98. The Kier molecular flexibility index (Phi) is 7.24. The highest BCUT2D eigenvalue weighted by Crippen LogP contribution is 2.30. The standard InChI is InChI=1S/C24H30N4O4/c1-30-23-14-20(8-9-22(23)31-13-12-28-18-25-26-19-28)15-27-11-5-10-24(29,16-27)17-32-21-6-3-2-4-7-21/h2-4,6-9,14,18-19,29H,5,10-13,15-17H2,1H3/t24-/m0/s1. The summed E-state index contributed by atoms with van der Waals surface area (Å²) in [5.41, 5.74) is 0.255. The Hall–Kier alpha value is -3.10. The average Bonchev–Trinajstić information content (AvgIpc) is 3.33. The van der Waals surface area contributed by atoms with Crippen LogP contribution in [0.25, 0.3) is 0 Å².